The van der Waals surface area contributed by atoms with Crippen LogP contribution in [0.3, 0.4) is 0 Å². The Morgan fingerprint density at radius 1 is 1.06 bits per heavy atom. The van der Waals surface area contributed by atoms with Crippen molar-refractivity contribution in [2.45, 2.75) is 52.4 Å². The topological polar surface area (TPSA) is 9.23 Å². The first-order chi connectivity index (χ1) is 8.13. The largest absolute Gasteiger partial charge is 0.381 e. The van der Waals surface area contributed by atoms with Gasteiger partial charge in [0, 0.05) is 6.61 Å². The van der Waals surface area contributed by atoms with E-state index in [4.69, 9.17) is 4.74 Å². The van der Waals surface area contributed by atoms with Crippen LogP contribution in [-0.4, -0.2) is 13.2 Å². The normalized spacial score (nSPS) is 55.4. The maximum absolute atomic E-state index is 5.79. The molecule has 96 valence electrons. The molecule has 1 heterocycles. The van der Waals surface area contributed by atoms with E-state index in [-0.39, 0.29) is 0 Å². The molecule has 5 unspecified atom stereocenters. The Balaban J connectivity index is 1.65. The van der Waals surface area contributed by atoms with Gasteiger partial charge in [0.1, 0.15) is 0 Å². The third-order valence-electron chi connectivity index (χ3n) is 7.25. The lowest BCUT2D eigenvalue weighted by Gasteiger charge is -2.66. The molecule has 0 aromatic heterocycles. The highest BCUT2D eigenvalue weighted by atomic mass is 16.5. The van der Waals surface area contributed by atoms with Gasteiger partial charge < -0.3 is 4.74 Å². The molecule has 0 radical (unpaired) electrons. The Bertz CT molecular complexity index is 326. The average molecular weight is 234 g/mol. The van der Waals surface area contributed by atoms with E-state index in [1.165, 1.54) is 32.1 Å². The average Bonchev–Trinajstić information content (AvgIpc) is 2.78. The van der Waals surface area contributed by atoms with E-state index in [1.54, 1.807) is 6.42 Å². The highest BCUT2D eigenvalue weighted by molar-refractivity contribution is 5.11. The standard InChI is InChI=1S/C16H26O/c1-15(2)11-8-13(15)12-4-3-5-16(14(12)9-11)6-7-17-10-16/h11-14H,3-10H2,1-2H3. The van der Waals surface area contributed by atoms with Crippen LogP contribution >= 0.6 is 0 Å². The van der Waals surface area contributed by atoms with E-state index < -0.39 is 0 Å². The fourth-order valence-corrected chi connectivity index (χ4v) is 6.04. The Hall–Kier alpha value is -0.0400. The maximum Gasteiger partial charge on any atom is 0.0526 e. The van der Waals surface area contributed by atoms with Gasteiger partial charge in [-0.2, -0.15) is 0 Å². The highest BCUT2D eigenvalue weighted by Gasteiger charge is 2.62. The van der Waals surface area contributed by atoms with Gasteiger partial charge in [0.15, 0.2) is 0 Å². The van der Waals surface area contributed by atoms with Crippen molar-refractivity contribution in [3.63, 3.8) is 0 Å². The van der Waals surface area contributed by atoms with Gasteiger partial charge in [-0.05, 0) is 66.6 Å². The second-order valence-corrected chi connectivity index (χ2v) is 7.92. The van der Waals surface area contributed by atoms with Crippen molar-refractivity contribution in [3.05, 3.63) is 0 Å². The zero-order valence-electron chi connectivity index (χ0n) is 11.4. The van der Waals surface area contributed by atoms with Gasteiger partial charge in [-0.1, -0.05) is 20.3 Å². The molecule has 4 saturated carbocycles. The van der Waals surface area contributed by atoms with E-state index in [9.17, 15) is 0 Å². The molecule has 0 N–H and O–H groups in total. The van der Waals surface area contributed by atoms with E-state index in [2.05, 4.69) is 13.8 Å². The second-order valence-electron chi connectivity index (χ2n) is 7.92. The first kappa shape index (κ1) is 10.8. The van der Waals surface area contributed by atoms with Crippen molar-refractivity contribution in [2.24, 2.45) is 34.5 Å². The molecule has 5 aliphatic rings. The molecule has 1 heteroatoms. The highest BCUT2D eigenvalue weighted by Crippen LogP contribution is 2.69. The molecule has 4 aliphatic carbocycles. The first-order valence-corrected chi connectivity index (χ1v) is 7.71. The molecule has 5 rings (SSSR count). The molecular formula is C16H26O. The van der Waals surface area contributed by atoms with Crippen LogP contribution in [0.5, 0.6) is 0 Å². The van der Waals surface area contributed by atoms with Crippen molar-refractivity contribution < 1.29 is 4.74 Å². The van der Waals surface area contributed by atoms with E-state index >= 15 is 0 Å². The lowest BCUT2D eigenvalue weighted by atomic mass is 9.38. The third kappa shape index (κ3) is 1.25. The van der Waals surface area contributed by atoms with Crippen LogP contribution in [0, 0.1) is 34.5 Å². The summed E-state index contributed by atoms with van der Waals surface area (Å²) < 4.78 is 5.79. The minimum atomic E-state index is 0.621. The van der Waals surface area contributed by atoms with Crippen LogP contribution in [0.15, 0.2) is 0 Å². The number of ether oxygens (including phenoxy) is 1. The molecule has 0 aromatic carbocycles. The molecule has 1 aliphatic heterocycles. The molecule has 1 saturated heterocycles. The van der Waals surface area contributed by atoms with Gasteiger partial charge >= 0.3 is 0 Å². The summed E-state index contributed by atoms with van der Waals surface area (Å²) >= 11 is 0. The van der Waals surface area contributed by atoms with Crippen LogP contribution in [0.4, 0.5) is 0 Å². The fourth-order valence-electron chi connectivity index (χ4n) is 6.04. The summed E-state index contributed by atoms with van der Waals surface area (Å²) in [5, 5.41) is 0. The van der Waals surface area contributed by atoms with E-state index in [0.717, 1.165) is 36.9 Å². The van der Waals surface area contributed by atoms with Gasteiger partial charge in [-0.3, -0.25) is 0 Å². The summed E-state index contributed by atoms with van der Waals surface area (Å²) in [4.78, 5) is 0. The summed E-state index contributed by atoms with van der Waals surface area (Å²) in [5.74, 6) is 4.15. The van der Waals surface area contributed by atoms with Gasteiger partial charge in [0.05, 0.1) is 6.61 Å². The first-order valence-electron chi connectivity index (χ1n) is 7.71. The van der Waals surface area contributed by atoms with Gasteiger partial charge in [-0.15, -0.1) is 0 Å². The molecule has 5 atom stereocenters. The molecule has 1 spiro atoms. The van der Waals surface area contributed by atoms with Crippen LogP contribution in [-0.2, 0) is 4.74 Å². The molecule has 5 fully saturated rings. The number of hydrogen-bond acceptors (Lipinski definition) is 1. The van der Waals surface area contributed by atoms with Crippen LogP contribution in [0.1, 0.15) is 52.4 Å². The summed E-state index contributed by atoms with van der Waals surface area (Å²) in [7, 11) is 0. The zero-order chi connectivity index (χ0) is 11.7. The van der Waals surface area contributed by atoms with Gasteiger partial charge in [-0.25, -0.2) is 0 Å². The van der Waals surface area contributed by atoms with Crippen molar-refractivity contribution >= 4 is 0 Å². The quantitative estimate of drug-likeness (QED) is 0.618. The maximum atomic E-state index is 5.79. The second kappa shape index (κ2) is 3.29. The SMILES string of the molecule is CC1(C)C2CC3C(CCCC34CCOC4)C1C2. The van der Waals surface area contributed by atoms with Gasteiger partial charge in [0.2, 0.25) is 0 Å². The Morgan fingerprint density at radius 2 is 1.88 bits per heavy atom. The minimum absolute atomic E-state index is 0.621. The predicted octanol–water partition coefficient (Wildman–Crippen LogP) is 3.88. The molecule has 1 nitrogen and oxygen atoms in total. The Morgan fingerprint density at radius 3 is 2.59 bits per heavy atom. The van der Waals surface area contributed by atoms with E-state index in [0.29, 0.717) is 10.8 Å². The number of rotatable bonds is 0. The summed E-state index contributed by atoms with van der Waals surface area (Å²) in [6, 6.07) is 0. The summed E-state index contributed by atoms with van der Waals surface area (Å²) in [6.07, 6.45) is 8.90. The summed E-state index contributed by atoms with van der Waals surface area (Å²) in [6.45, 7) is 7.21. The summed E-state index contributed by atoms with van der Waals surface area (Å²) in [5.41, 5.74) is 1.29. The van der Waals surface area contributed by atoms with Crippen molar-refractivity contribution in [3.8, 4) is 0 Å². The van der Waals surface area contributed by atoms with Crippen LogP contribution in [0.25, 0.3) is 0 Å². The number of hydrogen-bond donors (Lipinski definition) is 0. The smallest absolute Gasteiger partial charge is 0.0526 e. The Labute approximate surface area is 105 Å². The van der Waals surface area contributed by atoms with Crippen LogP contribution in [0.2, 0.25) is 0 Å². The third-order valence-corrected chi connectivity index (χ3v) is 7.25. The van der Waals surface area contributed by atoms with Crippen LogP contribution < -0.4 is 0 Å². The minimum Gasteiger partial charge on any atom is -0.381 e. The molecule has 17 heavy (non-hydrogen) atoms. The van der Waals surface area contributed by atoms with Crippen molar-refractivity contribution in [2.75, 3.05) is 13.2 Å². The zero-order valence-corrected chi connectivity index (χ0v) is 11.4. The molecule has 0 amide bonds. The predicted molar refractivity (Wildman–Crippen MR) is 68.7 cm³/mol. The van der Waals surface area contributed by atoms with Gasteiger partial charge in [0.25, 0.3) is 0 Å². The van der Waals surface area contributed by atoms with Crippen molar-refractivity contribution in [1.29, 1.82) is 0 Å². The van der Waals surface area contributed by atoms with E-state index in [1.807, 2.05) is 0 Å². The fraction of sp³-hybridized carbons (Fsp3) is 1.00. The van der Waals surface area contributed by atoms with Crippen molar-refractivity contribution in [1.82, 2.24) is 0 Å². The lowest BCUT2D eigenvalue weighted by molar-refractivity contribution is -0.179. The molecule has 0 aromatic rings. The lowest BCUT2D eigenvalue weighted by Crippen LogP contribution is -2.60. The monoisotopic (exact) mass is 234 g/mol. The molecule has 2 bridgehead atoms. The molecular weight excluding hydrogens is 208 g/mol. The Kier molecular flexibility index (Phi) is 2.10.